The number of rotatable bonds is 10. The van der Waals surface area contributed by atoms with E-state index >= 15 is 0 Å². The fraction of sp³-hybridized carbons (Fsp3) is 0.217. The predicted molar refractivity (Wildman–Crippen MR) is 122 cm³/mol. The number of aromatic amines is 1. The number of imidazole rings is 1. The topological polar surface area (TPSA) is 171 Å². The summed E-state index contributed by atoms with van der Waals surface area (Å²) in [7, 11) is 0. The van der Waals surface area contributed by atoms with Gasteiger partial charge in [0.15, 0.2) is 0 Å². The van der Waals surface area contributed by atoms with Crippen molar-refractivity contribution in [2.45, 2.75) is 31.5 Å². The van der Waals surface area contributed by atoms with Crippen molar-refractivity contribution >= 4 is 17.9 Å². The normalized spacial score (nSPS) is 12.3. The van der Waals surface area contributed by atoms with Crippen molar-refractivity contribution in [1.82, 2.24) is 26.0 Å². The van der Waals surface area contributed by atoms with Crippen LogP contribution in [-0.2, 0) is 33.8 Å². The maximum absolute atomic E-state index is 13.1. The second-order valence-electron chi connectivity index (χ2n) is 7.46. The number of aromatic nitrogens is 2. The Morgan fingerprint density at radius 2 is 1.65 bits per heavy atom. The number of nitrogens with two attached hydrogens (primary N) is 1. The van der Waals surface area contributed by atoms with E-state index in [9.17, 15) is 19.5 Å². The summed E-state index contributed by atoms with van der Waals surface area (Å²) in [5, 5.41) is 14.7. The molecule has 0 bridgehead atoms. The molecule has 0 saturated carbocycles. The van der Waals surface area contributed by atoms with E-state index in [1.165, 1.54) is 18.5 Å². The second kappa shape index (κ2) is 12.0. The number of H-pyrrole nitrogens is 1. The van der Waals surface area contributed by atoms with Crippen LogP contribution >= 0.6 is 0 Å². The Hall–Kier alpha value is -4.38. The number of carbonyl (C=O) groups excluding carboxylic acids is 3. The minimum Gasteiger partial charge on any atom is -0.508 e. The number of benzene rings is 2. The number of hydrazine groups is 1. The van der Waals surface area contributed by atoms with Crippen LogP contribution in [0.5, 0.6) is 5.75 Å². The van der Waals surface area contributed by atoms with Gasteiger partial charge in [0.05, 0.1) is 12.0 Å². The summed E-state index contributed by atoms with van der Waals surface area (Å²) >= 11 is 0. The molecule has 2 atom stereocenters. The van der Waals surface area contributed by atoms with Crippen molar-refractivity contribution < 1.29 is 24.2 Å². The Balaban J connectivity index is 1.70. The van der Waals surface area contributed by atoms with E-state index in [-0.39, 0.29) is 25.2 Å². The van der Waals surface area contributed by atoms with Gasteiger partial charge < -0.3 is 25.5 Å². The molecule has 0 spiro atoms. The van der Waals surface area contributed by atoms with Gasteiger partial charge in [-0.2, -0.15) is 0 Å². The smallest absolute Gasteiger partial charge is 0.408 e. The van der Waals surface area contributed by atoms with Crippen molar-refractivity contribution in [3.05, 3.63) is 83.9 Å². The number of carbonyl (C=O) groups is 3. The molecule has 3 rings (SSSR count). The molecule has 1 heterocycles. The van der Waals surface area contributed by atoms with Crippen molar-refractivity contribution in [3.8, 4) is 5.75 Å². The monoisotopic (exact) mass is 466 g/mol. The highest BCUT2D eigenvalue weighted by atomic mass is 16.5. The fourth-order valence-corrected chi connectivity index (χ4v) is 3.18. The number of hydrogen-bond acceptors (Lipinski definition) is 7. The van der Waals surface area contributed by atoms with Crippen LogP contribution in [0.15, 0.2) is 67.1 Å². The van der Waals surface area contributed by atoms with Gasteiger partial charge in [-0.25, -0.2) is 15.6 Å². The molecule has 34 heavy (non-hydrogen) atoms. The lowest BCUT2D eigenvalue weighted by Gasteiger charge is -2.22. The van der Waals surface area contributed by atoms with Gasteiger partial charge in [0, 0.05) is 19.0 Å². The number of phenols is 1. The van der Waals surface area contributed by atoms with E-state index in [1.807, 2.05) is 23.6 Å². The van der Waals surface area contributed by atoms with Gasteiger partial charge in [-0.3, -0.25) is 15.0 Å². The zero-order valence-electron chi connectivity index (χ0n) is 18.2. The third-order valence-corrected chi connectivity index (χ3v) is 4.94. The molecular formula is C23H26N6O5. The van der Waals surface area contributed by atoms with Gasteiger partial charge in [-0.1, -0.05) is 42.5 Å². The second-order valence-corrected chi connectivity index (χ2v) is 7.46. The standard InChI is InChI=1S/C23H26N6O5/c24-29-22(32)20(11-17-12-25-14-26-17)27-21(31)19(10-15-6-8-18(30)9-7-15)28-23(33)34-13-16-4-2-1-3-5-16/h1-9,12,14,19-20,30H,10-11,13,24H2,(H,25,26)(H,27,31)(H,28,33)(H,29,32)/t19-,20-/m0/s1. The number of ether oxygens (including phenoxy) is 1. The molecule has 0 aliphatic rings. The van der Waals surface area contributed by atoms with Crippen LogP contribution in [0.1, 0.15) is 16.8 Å². The molecule has 11 heteroatoms. The Kier molecular flexibility index (Phi) is 8.58. The minimum atomic E-state index is -1.07. The summed E-state index contributed by atoms with van der Waals surface area (Å²) < 4.78 is 5.24. The van der Waals surface area contributed by atoms with Gasteiger partial charge >= 0.3 is 6.09 Å². The average Bonchev–Trinajstić information content (AvgIpc) is 3.36. The van der Waals surface area contributed by atoms with E-state index in [4.69, 9.17) is 10.6 Å². The summed E-state index contributed by atoms with van der Waals surface area (Å²) in [6.07, 6.45) is 2.42. The fourth-order valence-electron chi connectivity index (χ4n) is 3.18. The van der Waals surface area contributed by atoms with E-state index in [0.29, 0.717) is 11.3 Å². The first-order chi connectivity index (χ1) is 16.4. The highest BCUT2D eigenvalue weighted by Gasteiger charge is 2.28. The summed E-state index contributed by atoms with van der Waals surface area (Å²) in [6.45, 7) is 0.0254. The van der Waals surface area contributed by atoms with Crippen LogP contribution in [0.25, 0.3) is 0 Å². The van der Waals surface area contributed by atoms with E-state index in [1.54, 1.807) is 30.5 Å². The Morgan fingerprint density at radius 3 is 2.29 bits per heavy atom. The maximum atomic E-state index is 13.1. The zero-order chi connectivity index (χ0) is 24.3. The summed E-state index contributed by atoms with van der Waals surface area (Å²) in [6, 6.07) is 13.2. The number of alkyl carbamates (subject to hydrolysis) is 1. The van der Waals surface area contributed by atoms with Crippen molar-refractivity contribution in [2.24, 2.45) is 5.84 Å². The number of nitrogens with one attached hydrogen (secondary N) is 4. The molecule has 0 unspecified atom stereocenters. The number of hydrogen-bond donors (Lipinski definition) is 6. The largest absolute Gasteiger partial charge is 0.508 e. The van der Waals surface area contributed by atoms with Crippen LogP contribution in [0.4, 0.5) is 4.79 Å². The number of phenolic OH excluding ortho intramolecular Hbond substituents is 1. The van der Waals surface area contributed by atoms with Crippen LogP contribution in [-0.4, -0.2) is 45.1 Å². The molecule has 3 aromatic rings. The predicted octanol–water partition coefficient (Wildman–Crippen LogP) is 0.670. The lowest BCUT2D eigenvalue weighted by Crippen LogP contribution is -2.56. The van der Waals surface area contributed by atoms with Crippen molar-refractivity contribution in [2.75, 3.05) is 0 Å². The molecular weight excluding hydrogens is 440 g/mol. The molecule has 0 saturated heterocycles. The first-order valence-corrected chi connectivity index (χ1v) is 10.5. The molecule has 7 N–H and O–H groups in total. The summed E-state index contributed by atoms with van der Waals surface area (Å²) in [4.78, 5) is 44.6. The molecule has 1 aromatic heterocycles. The third kappa shape index (κ3) is 7.35. The molecule has 11 nitrogen and oxygen atoms in total. The Morgan fingerprint density at radius 1 is 0.941 bits per heavy atom. The van der Waals surface area contributed by atoms with Gasteiger partial charge in [0.25, 0.3) is 5.91 Å². The van der Waals surface area contributed by atoms with Gasteiger partial charge in [0.1, 0.15) is 24.4 Å². The van der Waals surface area contributed by atoms with Crippen LogP contribution in [0.2, 0.25) is 0 Å². The average molecular weight is 466 g/mol. The third-order valence-electron chi connectivity index (χ3n) is 4.94. The molecule has 0 aliphatic heterocycles. The minimum absolute atomic E-state index is 0.0254. The lowest BCUT2D eigenvalue weighted by molar-refractivity contribution is -0.130. The molecule has 2 aromatic carbocycles. The van der Waals surface area contributed by atoms with Crippen LogP contribution < -0.4 is 21.9 Å². The summed E-state index contributed by atoms with van der Waals surface area (Å²) in [5.41, 5.74) is 4.03. The lowest BCUT2D eigenvalue weighted by atomic mass is 10.0. The number of amides is 3. The molecule has 0 fully saturated rings. The van der Waals surface area contributed by atoms with Crippen molar-refractivity contribution in [3.63, 3.8) is 0 Å². The quantitative estimate of drug-likeness (QED) is 0.145. The first-order valence-electron chi connectivity index (χ1n) is 10.5. The van der Waals surface area contributed by atoms with Crippen LogP contribution in [0.3, 0.4) is 0 Å². The number of nitrogens with zero attached hydrogens (tertiary/aromatic N) is 1. The van der Waals surface area contributed by atoms with Crippen LogP contribution in [0, 0.1) is 0 Å². The zero-order valence-corrected chi connectivity index (χ0v) is 18.2. The Bertz CT molecular complexity index is 1070. The maximum Gasteiger partial charge on any atom is 0.408 e. The van der Waals surface area contributed by atoms with Gasteiger partial charge in [-0.05, 0) is 23.3 Å². The molecule has 3 amide bonds. The van der Waals surface area contributed by atoms with Gasteiger partial charge in [0.2, 0.25) is 5.91 Å². The van der Waals surface area contributed by atoms with E-state index < -0.39 is 30.0 Å². The van der Waals surface area contributed by atoms with Crippen molar-refractivity contribution in [1.29, 1.82) is 0 Å². The highest BCUT2D eigenvalue weighted by molar-refractivity contribution is 5.91. The SMILES string of the molecule is NNC(=O)[C@H](Cc1c[nH]cn1)NC(=O)[C@H](Cc1ccc(O)cc1)NC(=O)OCc1ccccc1. The Labute approximate surface area is 195 Å². The molecule has 178 valence electrons. The first kappa shape index (κ1) is 24.3. The van der Waals surface area contributed by atoms with Gasteiger partial charge in [-0.15, -0.1) is 0 Å². The highest BCUT2D eigenvalue weighted by Crippen LogP contribution is 2.12. The summed E-state index contributed by atoms with van der Waals surface area (Å²) in [5.74, 6) is 4.11. The molecule has 0 aliphatic carbocycles. The molecule has 0 radical (unpaired) electrons. The number of aromatic hydroxyl groups is 1. The van der Waals surface area contributed by atoms with E-state index in [2.05, 4.69) is 20.6 Å². The van der Waals surface area contributed by atoms with E-state index in [0.717, 1.165) is 5.56 Å².